The van der Waals surface area contributed by atoms with Gasteiger partial charge in [-0.1, -0.05) is 23.3 Å². The standard InChI is InChI=1S/C19H22O5/c1-10-11(2)15-7-14(10)16(8-20)17(15)9-24-19(23)13-6-4-3-5-12(13)18(21)22/h3-6,14-17,20H,7-9H2,1-2H3,(H,21,22). The number of carbonyl (C=O) groups is 2. The summed E-state index contributed by atoms with van der Waals surface area (Å²) in [6.45, 7) is 4.53. The number of ether oxygens (including phenoxy) is 1. The number of hydrogen-bond donors (Lipinski definition) is 2. The van der Waals surface area contributed by atoms with Gasteiger partial charge in [-0.2, -0.15) is 0 Å². The Morgan fingerprint density at radius 2 is 1.67 bits per heavy atom. The minimum Gasteiger partial charge on any atom is -0.478 e. The second-order valence-corrected chi connectivity index (χ2v) is 6.77. The molecule has 4 unspecified atom stereocenters. The van der Waals surface area contributed by atoms with Crippen molar-refractivity contribution in [2.75, 3.05) is 13.2 Å². The van der Waals surface area contributed by atoms with Gasteiger partial charge in [0.15, 0.2) is 0 Å². The van der Waals surface area contributed by atoms with Gasteiger partial charge in [0, 0.05) is 12.5 Å². The van der Waals surface area contributed by atoms with E-state index in [1.807, 2.05) is 0 Å². The lowest BCUT2D eigenvalue weighted by atomic mass is 9.77. The predicted octanol–water partition coefficient (Wildman–Crippen LogP) is 2.75. The lowest BCUT2D eigenvalue weighted by molar-refractivity contribution is 0.0311. The Hall–Kier alpha value is -2.14. The van der Waals surface area contributed by atoms with Crippen LogP contribution in [0.1, 0.15) is 41.0 Å². The Kier molecular flexibility index (Phi) is 4.45. The van der Waals surface area contributed by atoms with Gasteiger partial charge in [-0.25, -0.2) is 9.59 Å². The van der Waals surface area contributed by atoms with Crippen molar-refractivity contribution < 1.29 is 24.5 Å². The maximum atomic E-state index is 12.3. The number of fused-ring (bicyclic) bond motifs is 2. The molecule has 0 aromatic heterocycles. The number of aliphatic hydroxyl groups excluding tert-OH is 1. The number of aromatic carboxylic acids is 1. The summed E-state index contributed by atoms with van der Waals surface area (Å²) in [5.41, 5.74) is 2.72. The molecule has 2 bridgehead atoms. The van der Waals surface area contributed by atoms with Crippen molar-refractivity contribution in [1.82, 2.24) is 0 Å². The molecule has 5 nitrogen and oxygen atoms in total. The smallest absolute Gasteiger partial charge is 0.339 e. The summed E-state index contributed by atoms with van der Waals surface area (Å²) in [6, 6.07) is 6.05. The summed E-state index contributed by atoms with van der Waals surface area (Å²) in [4.78, 5) is 23.5. The van der Waals surface area contributed by atoms with E-state index in [-0.39, 0.29) is 36.2 Å². The van der Waals surface area contributed by atoms with E-state index in [2.05, 4.69) is 13.8 Å². The minimum atomic E-state index is -1.15. The number of rotatable bonds is 5. The van der Waals surface area contributed by atoms with Crippen LogP contribution in [0.3, 0.4) is 0 Å². The van der Waals surface area contributed by atoms with Crippen LogP contribution >= 0.6 is 0 Å². The number of carboxylic acids is 1. The zero-order valence-corrected chi connectivity index (χ0v) is 13.9. The third-order valence-corrected chi connectivity index (χ3v) is 5.82. The van der Waals surface area contributed by atoms with Crippen LogP contribution in [-0.2, 0) is 4.74 Å². The van der Waals surface area contributed by atoms with E-state index in [1.54, 1.807) is 12.1 Å². The fourth-order valence-corrected chi connectivity index (χ4v) is 4.40. The van der Waals surface area contributed by atoms with Gasteiger partial charge in [-0.05, 0) is 50.2 Å². The molecule has 5 heteroatoms. The van der Waals surface area contributed by atoms with Crippen molar-refractivity contribution in [1.29, 1.82) is 0 Å². The quantitative estimate of drug-likeness (QED) is 0.640. The summed E-state index contributed by atoms with van der Waals surface area (Å²) in [5.74, 6) is -0.841. The number of carbonyl (C=O) groups excluding carboxylic acids is 1. The molecule has 0 amide bonds. The molecule has 0 saturated heterocycles. The number of carboxylic acid groups (broad SMARTS) is 1. The largest absolute Gasteiger partial charge is 0.478 e. The maximum absolute atomic E-state index is 12.3. The summed E-state index contributed by atoms with van der Waals surface area (Å²) in [7, 11) is 0. The fraction of sp³-hybridized carbons (Fsp3) is 0.474. The van der Waals surface area contributed by atoms with E-state index in [0.717, 1.165) is 6.42 Å². The average molecular weight is 330 g/mol. The van der Waals surface area contributed by atoms with Crippen molar-refractivity contribution in [3.63, 3.8) is 0 Å². The van der Waals surface area contributed by atoms with Gasteiger partial charge in [0.2, 0.25) is 0 Å². The van der Waals surface area contributed by atoms with E-state index in [4.69, 9.17) is 4.74 Å². The predicted molar refractivity (Wildman–Crippen MR) is 87.7 cm³/mol. The summed E-state index contributed by atoms with van der Waals surface area (Å²) in [6.07, 6.45) is 1.01. The zero-order chi connectivity index (χ0) is 17.4. The van der Waals surface area contributed by atoms with Crippen molar-refractivity contribution >= 4 is 11.9 Å². The lowest BCUT2D eigenvalue weighted by Crippen LogP contribution is -2.31. The van der Waals surface area contributed by atoms with Crippen molar-refractivity contribution in [3.8, 4) is 0 Å². The van der Waals surface area contributed by atoms with Gasteiger partial charge >= 0.3 is 11.9 Å². The van der Waals surface area contributed by atoms with Gasteiger partial charge in [0.25, 0.3) is 0 Å². The average Bonchev–Trinajstić information content (AvgIpc) is 3.08. The highest BCUT2D eigenvalue weighted by molar-refractivity contribution is 6.02. The molecule has 0 radical (unpaired) electrons. The van der Waals surface area contributed by atoms with Crippen molar-refractivity contribution in [2.24, 2.45) is 23.7 Å². The fourth-order valence-electron chi connectivity index (χ4n) is 4.40. The Morgan fingerprint density at radius 3 is 2.25 bits per heavy atom. The molecule has 24 heavy (non-hydrogen) atoms. The second-order valence-electron chi connectivity index (χ2n) is 6.77. The molecule has 1 aromatic rings. The first kappa shape index (κ1) is 16.7. The first-order valence-corrected chi connectivity index (χ1v) is 8.23. The number of esters is 1. The van der Waals surface area contributed by atoms with Crippen LogP contribution in [0.4, 0.5) is 0 Å². The molecule has 0 spiro atoms. The van der Waals surface area contributed by atoms with E-state index in [1.165, 1.54) is 23.3 Å². The van der Waals surface area contributed by atoms with Crippen LogP contribution in [0.15, 0.2) is 35.4 Å². The van der Waals surface area contributed by atoms with Gasteiger partial charge < -0.3 is 14.9 Å². The topological polar surface area (TPSA) is 83.8 Å². The number of hydrogen-bond acceptors (Lipinski definition) is 4. The third-order valence-electron chi connectivity index (χ3n) is 5.82. The maximum Gasteiger partial charge on any atom is 0.339 e. The molecular formula is C19H22O5. The Labute approximate surface area is 140 Å². The molecule has 2 N–H and O–H groups in total. The number of allylic oxidation sites excluding steroid dienone is 2. The van der Waals surface area contributed by atoms with Crippen LogP contribution in [0.25, 0.3) is 0 Å². The molecule has 2 aliphatic carbocycles. The minimum absolute atomic E-state index is 0.0546. The van der Waals surface area contributed by atoms with Crippen LogP contribution in [0, 0.1) is 23.7 Å². The van der Waals surface area contributed by atoms with Crippen LogP contribution in [-0.4, -0.2) is 35.4 Å². The van der Waals surface area contributed by atoms with Crippen LogP contribution in [0.2, 0.25) is 0 Å². The van der Waals surface area contributed by atoms with Crippen molar-refractivity contribution in [3.05, 3.63) is 46.5 Å². The lowest BCUT2D eigenvalue weighted by Gasteiger charge is -2.31. The second kappa shape index (κ2) is 6.40. The molecule has 1 saturated carbocycles. The normalized spacial score (nSPS) is 28.3. The van der Waals surface area contributed by atoms with Crippen molar-refractivity contribution in [2.45, 2.75) is 20.3 Å². The first-order chi connectivity index (χ1) is 11.5. The monoisotopic (exact) mass is 330 g/mol. The Morgan fingerprint density at radius 1 is 1.08 bits per heavy atom. The van der Waals surface area contributed by atoms with Crippen LogP contribution in [0.5, 0.6) is 0 Å². The molecule has 0 heterocycles. The summed E-state index contributed by atoms with van der Waals surface area (Å²) in [5, 5.41) is 18.9. The van der Waals surface area contributed by atoms with Gasteiger partial charge in [-0.15, -0.1) is 0 Å². The Bertz CT molecular complexity index is 705. The zero-order valence-electron chi connectivity index (χ0n) is 13.9. The number of benzene rings is 1. The highest BCUT2D eigenvalue weighted by Gasteiger charge is 2.49. The highest BCUT2D eigenvalue weighted by atomic mass is 16.5. The molecule has 2 aliphatic rings. The molecule has 1 fully saturated rings. The molecule has 3 rings (SSSR count). The summed E-state index contributed by atoms with van der Waals surface area (Å²) >= 11 is 0. The van der Waals surface area contributed by atoms with E-state index in [0.29, 0.717) is 11.8 Å². The Balaban J connectivity index is 1.73. The third kappa shape index (κ3) is 2.63. The summed E-state index contributed by atoms with van der Waals surface area (Å²) < 4.78 is 5.44. The SMILES string of the molecule is CC1=C(C)C2CC1C(CO)C2COC(=O)c1ccccc1C(=O)O. The molecular weight excluding hydrogens is 308 g/mol. The molecule has 128 valence electrons. The molecule has 4 atom stereocenters. The van der Waals surface area contributed by atoms with E-state index in [9.17, 15) is 19.8 Å². The van der Waals surface area contributed by atoms with Gasteiger partial charge in [0.05, 0.1) is 17.7 Å². The first-order valence-electron chi connectivity index (χ1n) is 8.23. The van der Waals surface area contributed by atoms with Gasteiger partial charge in [0.1, 0.15) is 0 Å². The highest BCUT2D eigenvalue weighted by Crippen LogP contribution is 2.54. The number of aliphatic hydroxyl groups is 1. The van der Waals surface area contributed by atoms with E-state index >= 15 is 0 Å². The van der Waals surface area contributed by atoms with Crippen LogP contribution < -0.4 is 0 Å². The van der Waals surface area contributed by atoms with Gasteiger partial charge in [-0.3, -0.25) is 0 Å². The van der Waals surface area contributed by atoms with E-state index < -0.39 is 11.9 Å². The molecule has 1 aromatic carbocycles. The molecule has 0 aliphatic heterocycles.